The van der Waals surface area contributed by atoms with E-state index in [1.54, 1.807) is 0 Å². The Balaban J connectivity index is 1.69. The van der Waals surface area contributed by atoms with Crippen LogP contribution in [-0.2, 0) is 4.79 Å². The third kappa shape index (κ3) is 4.17. The smallest absolute Gasteiger partial charge is 0.234 e. The topological polar surface area (TPSA) is 61.6 Å². The zero-order chi connectivity index (χ0) is 14.6. The molecule has 0 bridgehead atoms. The number of likely N-dealkylation sites (tertiary alicyclic amines) is 2. The minimum absolute atomic E-state index is 0.182. The van der Waals surface area contributed by atoms with Gasteiger partial charge in [0.05, 0.1) is 6.54 Å². The summed E-state index contributed by atoms with van der Waals surface area (Å²) in [6.07, 6.45) is 3.27. The molecule has 116 valence electrons. The highest BCUT2D eigenvalue weighted by Gasteiger charge is 2.33. The van der Waals surface area contributed by atoms with E-state index >= 15 is 0 Å². The van der Waals surface area contributed by atoms with Gasteiger partial charge in [0.15, 0.2) is 0 Å². The first-order chi connectivity index (χ1) is 9.54. The lowest BCUT2D eigenvalue weighted by molar-refractivity contribution is -0.123. The number of nitrogens with zero attached hydrogens (tertiary/aromatic N) is 2. The summed E-state index contributed by atoms with van der Waals surface area (Å²) in [6, 6.07) is 0.369. The lowest BCUT2D eigenvalue weighted by Crippen LogP contribution is -2.47. The number of carbonyl (C=O) groups excluding carboxylic acids is 1. The number of nitrogens with one attached hydrogen (secondary N) is 1. The van der Waals surface area contributed by atoms with E-state index in [2.05, 4.69) is 29.0 Å². The zero-order valence-corrected chi connectivity index (χ0v) is 13.0. The summed E-state index contributed by atoms with van der Waals surface area (Å²) < 4.78 is 0. The molecule has 0 aromatic heterocycles. The summed E-state index contributed by atoms with van der Waals surface area (Å²) in [7, 11) is 0. The van der Waals surface area contributed by atoms with Gasteiger partial charge in [-0.25, -0.2) is 0 Å². The second-order valence-corrected chi connectivity index (χ2v) is 6.75. The van der Waals surface area contributed by atoms with Gasteiger partial charge in [0, 0.05) is 25.7 Å². The first kappa shape index (κ1) is 15.7. The summed E-state index contributed by atoms with van der Waals surface area (Å²) in [5.41, 5.74) is 6.01. The first-order valence-corrected chi connectivity index (χ1v) is 7.99. The maximum Gasteiger partial charge on any atom is 0.234 e. The summed E-state index contributed by atoms with van der Waals surface area (Å²) in [5, 5.41) is 3.20. The Morgan fingerprint density at radius 3 is 2.55 bits per heavy atom. The summed E-state index contributed by atoms with van der Waals surface area (Å²) in [6.45, 7) is 10.9. The predicted molar refractivity (Wildman–Crippen MR) is 81.5 cm³/mol. The van der Waals surface area contributed by atoms with Gasteiger partial charge in [0.2, 0.25) is 5.91 Å². The van der Waals surface area contributed by atoms with Crippen molar-refractivity contribution in [2.24, 2.45) is 11.1 Å². The first-order valence-electron chi connectivity index (χ1n) is 7.99. The third-order valence-electron chi connectivity index (χ3n) is 4.90. The van der Waals surface area contributed by atoms with Crippen LogP contribution in [0.3, 0.4) is 0 Å². The Hall–Kier alpha value is -0.650. The summed E-state index contributed by atoms with van der Waals surface area (Å²) in [4.78, 5) is 16.8. The van der Waals surface area contributed by atoms with Gasteiger partial charge in [-0.3, -0.25) is 9.69 Å². The maximum atomic E-state index is 12.1. The van der Waals surface area contributed by atoms with Gasteiger partial charge in [-0.2, -0.15) is 0 Å². The Kier molecular flexibility index (Phi) is 5.41. The lowest BCUT2D eigenvalue weighted by Gasteiger charge is -2.31. The molecule has 2 fully saturated rings. The number of carbonyl (C=O) groups is 1. The molecule has 3 N–H and O–H groups in total. The van der Waals surface area contributed by atoms with Crippen LogP contribution >= 0.6 is 0 Å². The molecule has 0 aromatic carbocycles. The van der Waals surface area contributed by atoms with Gasteiger partial charge in [0.25, 0.3) is 0 Å². The number of amides is 1. The molecule has 2 aliphatic rings. The number of rotatable bonds is 5. The van der Waals surface area contributed by atoms with Crippen molar-refractivity contribution in [1.82, 2.24) is 15.1 Å². The van der Waals surface area contributed by atoms with Crippen LogP contribution < -0.4 is 11.1 Å². The number of hydrogen-bond acceptors (Lipinski definition) is 4. The van der Waals surface area contributed by atoms with Crippen LogP contribution in [0.4, 0.5) is 0 Å². The Morgan fingerprint density at radius 2 is 2.00 bits per heavy atom. The molecule has 5 heteroatoms. The van der Waals surface area contributed by atoms with Gasteiger partial charge in [-0.1, -0.05) is 13.8 Å². The van der Waals surface area contributed by atoms with E-state index in [0.717, 1.165) is 52.0 Å². The molecule has 0 radical (unpaired) electrons. The van der Waals surface area contributed by atoms with Crippen molar-refractivity contribution in [3.63, 3.8) is 0 Å². The molecule has 20 heavy (non-hydrogen) atoms. The standard InChI is InChI=1S/C15H30N4O/c1-3-18-7-4-13(5-8-18)17-14(20)10-19-9-6-15(2,11-16)12-19/h13H,3-12,16H2,1-2H3,(H,17,20). The van der Waals surface area contributed by atoms with Crippen LogP contribution in [0.1, 0.15) is 33.1 Å². The Bertz CT molecular complexity index is 328. The van der Waals surface area contributed by atoms with Gasteiger partial charge in [-0.15, -0.1) is 0 Å². The van der Waals surface area contributed by atoms with Crippen molar-refractivity contribution in [2.45, 2.75) is 39.2 Å². The van der Waals surface area contributed by atoms with Gasteiger partial charge >= 0.3 is 0 Å². The van der Waals surface area contributed by atoms with Gasteiger partial charge < -0.3 is 16.0 Å². The monoisotopic (exact) mass is 282 g/mol. The van der Waals surface area contributed by atoms with Crippen molar-refractivity contribution < 1.29 is 4.79 Å². The average Bonchev–Trinajstić information content (AvgIpc) is 2.81. The Morgan fingerprint density at radius 1 is 1.30 bits per heavy atom. The normalized spacial score (nSPS) is 29.8. The average molecular weight is 282 g/mol. The second kappa shape index (κ2) is 6.87. The fraction of sp³-hybridized carbons (Fsp3) is 0.933. The van der Waals surface area contributed by atoms with E-state index in [1.165, 1.54) is 0 Å². The van der Waals surface area contributed by atoms with E-state index in [4.69, 9.17) is 5.73 Å². The van der Waals surface area contributed by atoms with Crippen LogP contribution in [0.25, 0.3) is 0 Å². The lowest BCUT2D eigenvalue weighted by atomic mass is 9.90. The van der Waals surface area contributed by atoms with Crippen LogP contribution in [0.2, 0.25) is 0 Å². The quantitative estimate of drug-likeness (QED) is 0.759. The third-order valence-corrected chi connectivity index (χ3v) is 4.90. The highest BCUT2D eigenvalue weighted by Crippen LogP contribution is 2.27. The van der Waals surface area contributed by atoms with Crippen LogP contribution in [-0.4, -0.2) is 67.6 Å². The SMILES string of the molecule is CCN1CCC(NC(=O)CN2CCC(C)(CN)C2)CC1. The fourth-order valence-corrected chi connectivity index (χ4v) is 3.30. The van der Waals surface area contributed by atoms with E-state index in [-0.39, 0.29) is 11.3 Å². The minimum atomic E-state index is 0.182. The number of piperidine rings is 1. The van der Waals surface area contributed by atoms with Crippen molar-refractivity contribution >= 4 is 5.91 Å². The van der Waals surface area contributed by atoms with Gasteiger partial charge in [-0.05, 0) is 44.3 Å². The van der Waals surface area contributed by atoms with Crippen molar-refractivity contribution in [1.29, 1.82) is 0 Å². The van der Waals surface area contributed by atoms with E-state index < -0.39 is 0 Å². The van der Waals surface area contributed by atoms with Crippen LogP contribution in [0.5, 0.6) is 0 Å². The largest absolute Gasteiger partial charge is 0.352 e. The molecule has 1 amide bonds. The minimum Gasteiger partial charge on any atom is -0.352 e. The van der Waals surface area contributed by atoms with Crippen LogP contribution in [0, 0.1) is 5.41 Å². The molecule has 2 heterocycles. The second-order valence-electron chi connectivity index (χ2n) is 6.75. The van der Waals surface area contributed by atoms with Crippen LogP contribution in [0.15, 0.2) is 0 Å². The molecule has 2 aliphatic heterocycles. The van der Waals surface area contributed by atoms with Crippen molar-refractivity contribution in [3.05, 3.63) is 0 Å². The number of hydrogen-bond donors (Lipinski definition) is 2. The molecule has 5 nitrogen and oxygen atoms in total. The molecule has 2 rings (SSSR count). The molecule has 0 aromatic rings. The summed E-state index contributed by atoms with van der Waals surface area (Å²) in [5.74, 6) is 0.182. The number of nitrogens with two attached hydrogens (primary N) is 1. The highest BCUT2D eigenvalue weighted by molar-refractivity contribution is 5.78. The maximum absolute atomic E-state index is 12.1. The molecule has 2 saturated heterocycles. The highest BCUT2D eigenvalue weighted by atomic mass is 16.2. The molecular weight excluding hydrogens is 252 g/mol. The molecule has 0 aliphatic carbocycles. The molecule has 0 spiro atoms. The van der Waals surface area contributed by atoms with Crippen molar-refractivity contribution in [2.75, 3.05) is 45.8 Å². The van der Waals surface area contributed by atoms with E-state index in [1.807, 2.05) is 0 Å². The predicted octanol–water partition coefficient (Wildman–Crippen LogP) is 0.258. The zero-order valence-electron chi connectivity index (χ0n) is 13.0. The summed E-state index contributed by atoms with van der Waals surface area (Å²) >= 11 is 0. The van der Waals surface area contributed by atoms with Gasteiger partial charge in [0.1, 0.15) is 0 Å². The fourth-order valence-electron chi connectivity index (χ4n) is 3.30. The molecule has 1 atom stereocenters. The molecular formula is C15H30N4O. The molecule has 0 saturated carbocycles. The van der Waals surface area contributed by atoms with E-state index in [0.29, 0.717) is 19.1 Å². The van der Waals surface area contributed by atoms with Crippen molar-refractivity contribution in [3.8, 4) is 0 Å². The van der Waals surface area contributed by atoms with E-state index in [9.17, 15) is 4.79 Å². The molecule has 1 unspecified atom stereocenters. The Labute approximate surface area is 122 Å².